The van der Waals surface area contributed by atoms with E-state index >= 15 is 0 Å². The number of nitrogens with zero attached hydrogens (tertiary/aromatic N) is 1. The number of carbonyl (C=O) groups is 1. The molecule has 0 atom stereocenters. The van der Waals surface area contributed by atoms with Gasteiger partial charge in [0.15, 0.2) is 0 Å². The number of benzene rings is 2. The molecule has 0 aliphatic heterocycles. The number of hydrogen-bond donors (Lipinski definition) is 1. The minimum absolute atomic E-state index is 0.0412. The maximum absolute atomic E-state index is 12.8. The lowest BCUT2D eigenvalue weighted by atomic mass is 10.1. The van der Waals surface area contributed by atoms with Gasteiger partial charge in [-0.2, -0.15) is 5.26 Å². The Morgan fingerprint density at radius 1 is 1.10 bits per heavy atom. The third-order valence-electron chi connectivity index (χ3n) is 2.58. The van der Waals surface area contributed by atoms with E-state index in [2.05, 4.69) is 5.32 Å². The number of nitrogens with one attached hydrogen (secondary N) is 1. The first-order valence-electron chi connectivity index (χ1n) is 5.93. The largest absolute Gasteiger partial charge is 0.321 e. The zero-order chi connectivity index (χ0) is 14.4. The first-order valence-corrected chi connectivity index (χ1v) is 5.93. The summed E-state index contributed by atoms with van der Waals surface area (Å²) in [6, 6.07) is 16.2. The van der Waals surface area contributed by atoms with Crippen molar-refractivity contribution >= 4 is 17.7 Å². The Morgan fingerprint density at radius 2 is 1.75 bits per heavy atom. The summed E-state index contributed by atoms with van der Waals surface area (Å²) in [4.78, 5) is 11.9. The third kappa shape index (κ3) is 3.53. The molecule has 2 aromatic carbocycles. The van der Waals surface area contributed by atoms with Gasteiger partial charge in [0.05, 0.1) is 0 Å². The Kier molecular flexibility index (Phi) is 4.25. The summed E-state index contributed by atoms with van der Waals surface area (Å²) < 4.78 is 12.8. The van der Waals surface area contributed by atoms with E-state index in [1.54, 1.807) is 24.3 Å². The molecule has 0 saturated heterocycles. The molecule has 1 N–H and O–H groups in total. The van der Waals surface area contributed by atoms with E-state index in [0.29, 0.717) is 11.3 Å². The second-order valence-corrected chi connectivity index (χ2v) is 4.04. The Balaban J connectivity index is 2.18. The number of carbonyl (C=O) groups excluding carboxylic acids is 1. The van der Waals surface area contributed by atoms with Crippen molar-refractivity contribution in [2.45, 2.75) is 0 Å². The van der Waals surface area contributed by atoms with E-state index in [0.717, 1.165) is 0 Å². The Hall–Kier alpha value is -2.93. The van der Waals surface area contributed by atoms with Crippen LogP contribution in [0.15, 0.2) is 60.2 Å². The number of nitriles is 1. The number of anilines is 1. The molecule has 0 aromatic heterocycles. The molecule has 0 aliphatic rings. The first kappa shape index (κ1) is 13.5. The van der Waals surface area contributed by atoms with Crippen LogP contribution in [-0.4, -0.2) is 5.91 Å². The zero-order valence-corrected chi connectivity index (χ0v) is 10.5. The lowest BCUT2D eigenvalue weighted by Crippen LogP contribution is -2.13. The van der Waals surface area contributed by atoms with E-state index in [1.807, 2.05) is 12.1 Å². The maximum atomic E-state index is 12.8. The van der Waals surface area contributed by atoms with Crippen molar-refractivity contribution in [3.8, 4) is 6.07 Å². The van der Waals surface area contributed by atoms with Crippen LogP contribution >= 0.6 is 0 Å². The summed E-state index contributed by atoms with van der Waals surface area (Å²) in [6.45, 7) is 0. The number of para-hydroxylation sites is 1. The van der Waals surface area contributed by atoms with Gasteiger partial charge >= 0.3 is 0 Å². The second-order valence-electron chi connectivity index (χ2n) is 4.04. The minimum atomic E-state index is -0.497. The predicted molar refractivity (Wildman–Crippen MR) is 75.1 cm³/mol. The Morgan fingerprint density at radius 3 is 2.35 bits per heavy atom. The lowest BCUT2D eigenvalue weighted by molar-refractivity contribution is -0.112. The van der Waals surface area contributed by atoms with Crippen molar-refractivity contribution in [3.63, 3.8) is 0 Å². The summed E-state index contributed by atoms with van der Waals surface area (Å²) >= 11 is 0. The summed E-state index contributed by atoms with van der Waals surface area (Å²) in [7, 11) is 0. The van der Waals surface area contributed by atoms with E-state index in [1.165, 1.54) is 30.3 Å². The molecule has 0 saturated carbocycles. The van der Waals surface area contributed by atoms with Gasteiger partial charge in [0, 0.05) is 5.69 Å². The third-order valence-corrected chi connectivity index (χ3v) is 2.58. The van der Waals surface area contributed by atoms with Crippen molar-refractivity contribution in [2.75, 3.05) is 5.32 Å². The first-order chi connectivity index (χ1) is 9.69. The molecule has 0 heterocycles. The van der Waals surface area contributed by atoms with E-state index in [9.17, 15) is 9.18 Å². The summed E-state index contributed by atoms with van der Waals surface area (Å²) in [5, 5.41) is 11.7. The van der Waals surface area contributed by atoms with Gasteiger partial charge in [-0.1, -0.05) is 30.3 Å². The average molecular weight is 266 g/mol. The van der Waals surface area contributed by atoms with Gasteiger partial charge in [-0.25, -0.2) is 4.39 Å². The molecular formula is C16H11FN2O. The second kappa shape index (κ2) is 6.30. The van der Waals surface area contributed by atoms with E-state index in [-0.39, 0.29) is 11.4 Å². The molecule has 2 rings (SSSR count). The van der Waals surface area contributed by atoms with Crippen molar-refractivity contribution in [2.24, 2.45) is 0 Å². The molecule has 4 heteroatoms. The monoisotopic (exact) mass is 266 g/mol. The fraction of sp³-hybridized carbons (Fsp3) is 0. The van der Waals surface area contributed by atoms with Crippen LogP contribution in [0.2, 0.25) is 0 Å². The van der Waals surface area contributed by atoms with Crippen LogP contribution in [0, 0.1) is 17.1 Å². The molecule has 0 unspecified atom stereocenters. The highest BCUT2D eigenvalue weighted by Gasteiger charge is 2.09. The number of hydrogen-bond acceptors (Lipinski definition) is 2. The van der Waals surface area contributed by atoms with Crippen molar-refractivity contribution < 1.29 is 9.18 Å². The van der Waals surface area contributed by atoms with Crippen LogP contribution in [0.25, 0.3) is 6.08 Å². The fourth-order valence-corrected chi connectivity index (χ4v) is 1.59. The maximum Gasteiger partial charge on any atom is 0.266 e. The normalized spacial score (nSPS) is 10.7. The molecule has 1 amide bonds. The molecule has 0 radical (unpaired) electrons. The molecule has 2 aromatic rings. The highest BCUT2D eigenvalue weighted by molar-refractivity contribution is 6.09. The predicted octanol–water partition coefficient (Wildman–Crippen LogP) is 3.37. The van der Waals surface area contributed by atoms with Crippen molar-refractivity contribution in [1.82, 2.24) is 0 Å². The highest BCUT2D eigenvalue weighted by atomic mass is 19.1. The SMILES string of the molecule is N#C/C(=C/c1ccc(F)cc1)C(=O)Nc1ccccc1. The van der Waals surface area contributed by atoms with Gasteiger partial charge < -0.3 is 5.32 Å². The fourth-order valence-electron chi connectivity index (χ4n) is 1.59. The summed E-state index contributed by atoms with van der Waals surface area (Å²) in [5.41, 5.74) is 1.16. The van der Waals surface area contributed by atoms with Crippen LogP contribution in [-0.2, 0) is 4.79 Å². The smallest absolute Gasteiger partial charge is 0.266 e. The van der Waals surface area contributed by atoms with Crippen LogP contribution in [0.5, 0.6) is 0 Å². The highest BCUT2D eigenvalue weighted by Crippen LogP contribution is 2.11. The average Bonchev–Trinajstić information content (AvgIpc) is 2.47. The quantitative estimate of drug-likeness (QED) is 0.684. The van der Waals surface area contributed by atoms with Gasteiger partial charge in [-0.15, -0.1) is 0 Å². The molecule has 0 fully saturated rings. The van der Waals surface area contributed by atoms with Crippen LogP contribution in [0.4, 0.5) is 10.1 Å². The Bertz CT molecular complexity index is 670. The summed E-state index contributed by atoms with van der Waals surface area (Å²) in [6.07, 6.45) is 1.41. The van der Waals surface area contributed by atoms with Gasteiger partial charge in [-0.05, 0) is 35.9 Å². The molecule has 0 spiro atoms. The van der Waals surface area contributed by atoms with Crippen LogP contribution in [0.1, 0.15) is 5.56 Å². The molecule has 0 aliphatic carbocycles. The lowest BCUT2D eigenvalue weighted by Gasteiger charge is -2.03. The van der Waals surface area contributed by atoms with Crippen LogP contribution < -0.4 is 5.32 Å². The van der Waals surface area contributed by atoms with Gasteiger partial charge in [0.25, 0.3) is 5.91 Å². The van der Waals surface area contributed by atoms with Crippen molar-refractivity contribution in [1.29, 1.82) is 5.26 Å². The number of halogens is 1. The molecular weight excluding hydrogens is 255 g/mol. The Labute approximate surface area is 116 Å². The van der Waals surface area contributed by atoms with Gasteiger partial charge in [0.1, 0.15) is 17.5 Å². The topological polar surface area (TPSA) is 52.9 Å². The minimum Gasteiger partial charge on any atom is -0.321 e. The van der Waals surface area contributed by atoms with Crippen LogP contribution in [0.3, 0.4) is 0 Å². The number of amides is 1. The molecule has 98 valence electrons. The van der Waals surface area contributed by atoms with Gasteiger partial charge in [0.2, 0.25) is 0 Å². The number of rotatable bonds is 3. The molecule has 3 nitrogen and oxygen atoms in total. The molecule has 0 bridgehead atoms. The van der Waals surface area contributed by atoms with E-state index in [4.69, 9.17) is 5.26 Å². The van der Waals surface area contributed by atoms with Crippen molar-refractivity contribution in [3.05, 3.63) is 71.6 Å². The molecule has 20 heavy (non-hydrogen) atoms. The standard InChI is InChI=1S/C16H11FN2O/c17-14-8-6-12(7-9-14)10-13(11-18)16(20)19-15-4-2-1-3-5-15/h1-10H,(H,19,20)/b13-10-. The van der Waals surface area contributed by atoms with Gasteiger partial charge in [-0.3, -0.25) is 4.79 Å². The zero-order valence-electron chi connectivity index (χ0n) is 10.5. The van der Waals surface area contributed by atoms with E-state index < -0.39 is 5.91 Å². The summed E-state index contributed by atoms with van der Waals surface area (Å²) in [5.74, 6) is -0.864.